The van der Waals surface area contributed by atoms with Gasteiger partial charge in [-0.05, 0) is 24.6 Å². The average molecular weight is 386 g/mol. The number of benzene rings is 2. The van der Waals surface area contributed by atoms with E-state index < -0.39 is 0 Å². The van der Waals surface area contributed by atoms with Crippen LogP contribution in [0.1, 0.15) is 11.1 Å². The molecule has 1 fully saturated rings. The van der Waals surface area contributed by atoms with E-state index in [9.17, 15) is 4.79 Å². The fourth-order valence-electron chi connectivity index (χ4n) is 3.55. The van der Waals surface area contributed by atoms with Crippen molar-refractivity contribution in [1.82, 2.24) is 5.32 Å². The van der Waals surface area contributed by atoms with Crippen LogP contribution in [-0.4, -0.2) is 50.9 Å². The van der Waals surface area contributed by atoms with Gasteiger partial charge in [0.1, 0.15) is 32.7 Å². The fraction of sp³-hybridized carbons (Fsp3) is 0.409. The summed E-state index contributed by atoms with van der Waals surface area (Å²) >= 11 is 1.79. The van der Waals surface area contributed by atoms with Gasteiger partial charge in [0.2, 0.25) is 0 Å². The average Bonchev–Trinajstić information content (AvgIpc) is 2.69. The highest BCUT2D eigenvalue weighted by molar-refractivity contribution is 7.99. The number of nitrogens with one attached hydrogen (secondary N) is 3. The van der Waals surface area contributed by atoms with Crippen LogP contribution >= 0.6 is 11.8 Å². The Labute approximate surface area is 166 Å². The highest BCUT2D eigenvalue weighted by atomic mass is 32.2. The van der Waals surface area contributed by atoms with Gasteiger partial charge in [-0.3, -0.25) is 4.79 Å². The first-order valence-electron chi connectivity index (χ1n) is 9.87. The number of aryl methyl sites for hydroxylation is 1. The molecule has 4 nitrogen and oxygen atoms in total. The number of carbonyl (C=O) groups is 1. The highest BCUT2D eigenvalue weighted by Crippen LogP contribution is 2.15. The number of amides is 1. The van der Waals surface area contributed by atoms with E-state index in [0.717, 1.165) is 45.0 Å². The smallest absolute Gasteiger partial charge is 0.275 e. The summed E-state index contributed by atoms with van der Waals surface area (Å²) in [5, 5.41) is 3.07. The number of hydrogen-bond acceptors (Lipinski definition) is 2. The van der Waals surface area contributed by atoms with Crippen molar-refractivity contribution in [2.75, 3.05) is 45.0 Å². The van der Waals surface area contributed by atoms with Gasteiger partial charge >= 0.3 is 0 Å². The van der Waals surface area contributed by atoms with E-state index >= 15 is 0 Å². The van der Waals surface area contributed by atoms with Crippen molar-refractivity contribution in [3.63, 3.8) is 0 Å². The van der Waals surface area contributed by atoms with Crippen molar-refractivity contribution in [2.24, 2.45) is 0 Å². The van der Waals surface area contributed by atoms with Crippen LogP contribution in [0.2, 0.25) is 0 Å². The molecule has 3 N–H and O–H groups in total. The zero-order valence-electron chi connectivity index (χ0n) is 16.2. The van der Waals surface area contributed by atoms with Crippen LogP contribution in [0.4, 0.5) is 0 Å². The third kappa shape index (κ3) is 6.69. The number of quaternary nitrogens is 2. The van der Waals surface area contributed by atoms with E-state index in [2.05, 4.69) is 48.6 Å². The minimum Gasteiger partial charge on any atom is -0.350 e. The molecule has 0 bridgehead atoms. The van der Waals surface area contributed by atoms with Crippen LogP contribution in [0.15, 0.2) is 59.5 Å². The summed E-state index contributed by atoms with van der Waals surface area (Å²) in [5.74, 6) is 1.10. The summed E-state index contributed by atoms with van der Waals surface area (Å²) in [4.78, 5) is 16.5. The molecular weight excluding hydrogens is 354 g/mol. The normalized spacial score (nSPS) is 19.6. The first-order chi connectivity index (χ1) is 13.2. The van der Waals surface area contributed by atoms with Crippen molar-refractivity contribution >= 4 is 17.7 Å². The zero-order chi connectivity index (χ0) is 18.9. The van der Waals surface area contributed by atoms with Crippen LogP contribution < -0.4 is 15.1 Å². The molecule has 2 aromatic carbocycles. The molecule has 1 amide bonds. The molecule has 144 valence electrons. The largest absolute Gasteiger partial charge is 0.350 e. The summed E-state index contributed by atoms with van der Waals surface area (Å²) in [5.41, 5.74) is 2.83. The lowest BCUT2D eigenvalue weighted by Gasteiger charge is -2.29. The molecule has 0 radical (unpaired) electrons. The number of rotatable bonds is 8. The van der Waals surface area contributed by atoms with Gasteiger partial charge in [0.25, 0.3) is 5.91 Å². The lowest BCUT2D eigenvalue weighted by molar-refractivity contribution is -1.02. The second-order valence-electron chi connectivity index (χ2n) is 7.29. The molecule has 1 heterocycles. The Bertz CT molecular complexity index is 715. The summed E-state index contributed by atoms with van der Waals surface area (Å²) in [6.07, 6.45) is 0. The first kappa shape index (κ1) is 19.9. The quantitative estimate of drug-likeness (QED) is 0.448. The van der Waals surface area contributed by atoms with E-state index in [1.165, 1.54) is 20.9 Å². The Kier molecular flexibility index (Phi) is 7.75. The highest BCUT2D eigenvalue weighted by Gasteiger charge is 2.24. The van der Waals surface area contributed by atoms with Gasteiger partial charge in [-0.25, -0.2) is 0 Å². The number of carbonyl (C=O) groups excluding carboxylic acids is 1. The third-order valence-electron chi connectivity index (χ3n) is 5.21. The minimum absolute atomic E-state index is 0.181. The molecule has 3 rings (SSSR count). The molecule has 1 aliphatic rings. The molecule has 0 spiro atoms. The zero-order valence-corrected chi connectivity index (χ0v) is 17.0. The van der Waals surface area contributed by atoms with Gasteiger partial charge in [0.15, 0.2) is 6.54 Å². The van der Waals surface area contributed by atoms with Crippen molar-refractivity contribution < 1.29 is 14.6 Å². The van der Waals surface area contributed by atoms with Gasteiger partial charge in [-0.1, -0.05) is 42.5 Å². The minimum atomic E-state index is 0.181. The molecule has 0 aliphatic carbocycles. The lowest BCUT2D eigenvalue weighted by Crippen LogP contribution is -3.28. The van der Waals surface area contributed by atoms with E-state index in [1.54, 1.807) is 16.7 Å². The molecule has 2 aromatic rings. The molecule has 1 aliphatic heterocycles. The van der Waals surface area contributed by atoms with Gasteiger partial charge < -0.3 is 15.1 Å². The van der Waals surface area contributed by atoms with Crippen LogP contribution in [0.25, 0.3) is 0 Å². The molecule has 27 heavy (non-hydrogen) atoms. The maximum atomic E-state index is 12.2. The van der Waals surface area contributed by atoms with E-state index in [1.807, 2.05) is 18.2 Å². The number of piperazine rings is 1. The van der Waals surface area contributed by atoms with E-state index in [-0.39, 0.29) is 5.91 Å². The Morgan fingerprint density at radius 1 is 0.963 bits per heavy atom. The van der Waals surface area contributed by atoms with Gasteiger partial charge in [-0.15, -0.1) is 11.8 Å². The summed E-state index contributed by atoms with van der Waals surface area (Å²) < 4.78 is 0. The van der Waals surface area contributed by atoms with Gasteiger partial charge in [0, 0.05) is 22.8 Å². The Balaban J connectivity index is 1.30. The van der Waals surface area contributed by atoms with Crippen molar-refractivity contribution in [3.8, 4) is 0 Å². The van der Waals surface area contributed by atoms with Gasteiger partial charge in [0.05, 0.1) is 0 Å². The molecule has 0 saturated carbocycles. The molecule has 0 atom stereocenters. The molecule has 0 unspecified atom stereocenters. The Morgan fingerprint density at radius 3 is 2.37 bits per heavy atom. The lowest BCUT2D eigenvalue weighted by atomic mass is 10.1. The Morgan fingerprint density at radius 2 is 1.63 bits per heavy atom. The van der Waals surface area contributed by atoms with Crippen LogP contribution in [-0.2, 0) is 11.3 Å². The van der Waals surface area contributed by atoms with Crippen LogP contribution in [0, 0.1) is 6.92 Å². The Hall–Kier alpha value is -1.82. The maximum absolute atomic E-state index is 12.2. The first-order valence-corrected chi connectivity index (χ1v) is 10.9. The van der Waals surface area contributed by atoms with E-state index in [0.29, 0.717) is 6.54 Å². The van der Waals surface area contributed by atoms with Crippen LogP contribution in [0.5, 0.6) is 0 Å². The van der Waals surface area contributed by atoms with Crippen molar-refractivity contribution in [2.45, 2.75) is 18.4 Å². The SMILES string of the molecule is Cc1ccccc1C[NH+]1CC[NH+](CC(=O)NCCSc2ccccc2)CC1. The maximum Gasteiger partial charge on any atom is 0.275 e. The van der Waals surface area contributed by atoms with Gasteiger partial charge in [-0.2, -0.15) is 0 Å². The standard InChI is InChI=1S/C22H29N3OS/c1-19-7-5-6-8-20(19)17-24-12-14-25(15-13-24)18-22(26)23-11-16-27-21-9-3-2-4-10-21/h2-10H,11-18H2,1H3,(H,23,26)/p+2. The third-order valence-corrected chi connectivity index (χ3v) is 6.23. The molecule has 5 heteroatoms. The predicted molar refractivity (Wildman–Crippen MR) is 111 cm³/mol. The van der Waals surface area contributed by atoms with Crippen LogP contribution in [0.3, 0.4) is 0 Å². The monoisotopic (exact) mass is 385 g/mol. The predicted octanol–water partition coefficient (Wildman–Crippen LogP) is 0.187. The van der Waals surface area contributed by atoms with Crippen molar-refractivity contribution in [1.29, 1.82) is 0 Å². The summed E-state index contributed by atoms with van der Waals surface area (Å²) in [6.45, 7) is 9.06. The second-order valence-corrected chi connectivity index (χ2v) is 8.46. The van der Waals surface area contributed by atoms with E-state index in [4.69, 9.17) is 0 Å². The number of thioether (sulfide) groups is 1. The molecular formula is C22H31N3OS+2. The topological polar surface area (TPSA) is 38.0 Å². The summed E-state index contributed by atoms with van der Waals surface area (Å²) in [6, 6.07) is 19.0. The number of hydrogen-bond donors (Lipinski definition) is 3. The fourth-order valence-corrected chi connectivity index (χ4v) is 4.34. The summed E-state index contributed by atoms with van der Waals surface area (Å²) in [7, 11) is 0. The molecule has 1 saturated heterocycles. The molecule has 0 aromatic heterocycles. The van der Waals surface area contributed by atoms with Crippen molar-refractivity contribution in [3.05, 3.63) is 65.7 Å². The second kappa shape index (κ2) is 10.5.